The molecular weight excluding hydrogens is 348 g/mol. The second kappa shape index (κ2) is 6.61. The molecule has 0 aliphatic carbocycles. The van der Waals surface area contributed by atoms with Crippen molar-refractivity contribution in [1.29, 1.82) is 0 Å². The Bertz CT molecular complexity index is 1120. The van der Waals surface area contributed by atoms with Gasteiger partial charge >= 0.3 is 0 Å². The van der Waals surface area contributed by atoms with Gasteiger partial charge in [0.2, 0.25) is 0 Å². The highest BCUT2D eigenvalue weighted by molar-refractivity contribution is 6.32. The van der Waals surface area contributed by atoms with Crippen LogP contribution in [0.25, 0.3) is 16.6 Å². The number of amides is 1. The number of nitrogens with zero attached hydrogens (tertiary/aromatic N) is 3. The number of fused-ring (bicyclic) bond motifs is 1. The normalized spacial score (nSPS) is 10.8. The van der Waals surface area contributed by atoms with Gasteiger partial charge in [0.25, 0.3) is 5.91 Å². The van der Waals surface area contributed by atoms with Crippen molar-refractivity contribution in [3.05, 3.63) is 83.3 Å². The van der Waals surface area contributed by atoms with Gasteiger partial charge in [0.05, 0.1) is 45.6 Å². The lowest BCUT2D eigenvalue weighted by Crippen LogP contribution is -2.13. The van der Waals surface area contributed by atoms with E-state index < -0.39 is 0 Å². The Kier molecular flexibility index (Phi) is 4.14. The highest BCUT2D eigenvalue weighted by atomic mass is 35.5. The zero-order valence-corrected chi connectivity index (χ0v) is 14.7. The summed E-state index contributed by atoms with van der Waals surface area (Å²) in [6, 6.07) is 17.0. The molecule has 1 N–H and O–H groups in total. The molecule has 0 radical (unpaired) electrons. The van der Waals surface area contributed by atoms with E-state index in [1.807, 2.05) is 55.5 Å². The summed E-state index contributed by atoms with van der Waals surface area (Å²) in [5.41, 5.74) is 3.42. The Hall–Kier alpha value is -3.18. The molecule has 0 saturated carbocycles. The smallest absolute Gasteiger partial charge is 0.257 e. The molecule has 26 heavy (non-hydrogen) atoms. The van der Waals surface area contributed by atoms with E-state index in [1.165, 1.54) is 0 Å². The number of carbonyl (C=O) groups excluding carboxylic acids is 1. The maximum absolute atomic E-state index is 12.7. The average Bonchev–Trinajstić information content (AvgIpc) is 3.09. The number of aryl methyl sites for hydroxylation is 1. The average molecular weight is 363 g/mol. The molecule has 5 nitrogen and oxygen atoms in total. The summed E-state index contributed by atoms with van der Waals surface area (Å²) in [6.07, 6.45) is 3.31. The first-order chi connectivity index (χ1) is 12.6. The van der Waals surface area contributed by atoms with Crippen molar-refractivity contribution < 1.29 is 4.79 Å². The predicted octanol–water partition coefficient (Wildman–Crippen LogP) is 4.63. The van der Waals surface area contributed by atoms with Crippen LogP contribution in [0.4, 0.5) is 5.69 Å². The van der Waals surface area contributed by atoms with Gasteiger partial charge in [0, 0.05) is 5.39 Å². The Morgan fingerprint density at radius 1 is 1.12 bits per heavy atom. The van der Waals surface area contributed by atoms with Gasteiger partial charge in [0.1, 0.15) is 0 Å². The molecule has 1 amide bonds. The fourth-order valence-corrected chi connectivity index (χ4v) is 3.02. The minimum atomic E-state index is -0.223. The summed E-state index contributed by atoms with van der Waals surface area (Å²) in [7, 11) is 0. The van der Waals surface area contributed by atoms with Crippen LogP contribution in [0, 0.1) is 6.92 Å². The van der Waals surface area contributed by atoms with Crippen LogP contribution in [0.5, 0.6) is 0 Å². The zero-order valence-electron chi connectivity index (χ0n) is 14.0. The van der Waals surface area contributed by atoms with E-state index in [0.717, 1.165) is 16.6 Å². The minimum absolute atomic E-state index is 0.223. The third-order valence-electron chi connectivity index (χ3n) is 4.10. The molecule has 0 bridgehead atoms. The molecule has 0 aliphatic rings. The van der Waals surface area contributed by atoms with Crippen molar-refractivity contribution in [2.45, 2.75) is 6.92 Å². The number of rotatable bonds is 3. The highest BCUT2D eigenvalue weighted by Gasteiger charge is 2.13. The first-order valence-electron chi connectivity index (χ1n) is 8.09. The van der Waals surface area contributed by atoms with Crippen LogP contribution in [-0.4, -0.2) is 20.7 Å². The SMILES string of the molecule is Cc1nc2ccccc2cc1C(=O)Nc1cnn(-c2ccccc2Cl)c1. The molecule has 0 atom stereocenters. The monoisotopic (exact) mass is 362 g/mol. The van der Waals surface area contributed by atoms with E-state index >= 15 is 0 Å². The van der Waals surface area contributed by atoms with Crippen molar-refractivity contribution >= 4 is 34.1 Å². The number of carbonyl (C=O) groups is 1. The van der Waals surface area contributed by atoms with E-state index in [1.54, 1.807) is 23.1 Å². The Morgan fingerprint density at radius 2 is 1.88 bits per heavy atom. The van der Waals surface area contributed by atoms with Gasteiger partial charge in [-0.05, 0) is 31.2 Å². The lowest BCUT2D eigenvalue weighted by molar-refractivity contribution is 0.102. The van der Waals surface area contributed by atoms with Gasteiger partial charge < -0.3 is 5.32 Å². The number of anilines is 1. The largest absolute Gasteiger partial charge is 0.319 e. The molecule has 6 heteroatoms. The standard InChI is InChI=1S/C20H15ClN4O/c1-13-16(10-14-6-2-4-8-18(14)23-13)20(26)24-15-11-22-25(12-15)19-9-5-3-7-17(19)21/h2-12H,1H3,(H,24,26). The van der Waals surface area contributed by atoms with Crippen molar-refractivity contribution in [1.82, 2.24) is 14.8 Å². The second-order valence-electron chi connectivity index (χ2n) is 5.89. The summed E-state index contributed by atoms with van der Waals surface area (Å²) in [5, 5.41) is 8.65. The second-order valence-corrected chi connectivity index (χ2v) is 6.30. The molecule has 0 fully saturated rings. The van der Waals surface area contributed by atoms with E-state index in [4.69, 9.17) is 11.6 Å². The maximum Gasteiger partial charge on any atom is 0.257 e. The molecule has 2 aromatic carbocycles. The Morgan fingerprint density at radius 3 is 2.73 bits per heavy atom. The number of benzene rings is 2. The predicted molar refractivity (Wildman–Crippen MR) is 103 cm³/mol. The van der Waals surface area contributed by atoms with Crippen molar-refractivity contribution in [3.8, 4) is 5.69 Å². The van der Waals surface area contributed by atoms with Crippen molar-refractivity contribution in [3.63, 3.8) is 0 Å². The number of pyridine rings is 1. The molecule has 4 aromatic rings. The zero-order chi connectivity index (χ0) is 18.1. The van der Waals surface area contributed by atoms with Gasteiger partial charge in [-0.1, -0.05) is 41.9 Å². The maximum atomic E-state index is 12.7. The van der Waals surface area contributed by atoms with Crippen LogP contribution in [-0.2, 0) is 0 Å². The number of para-hydroxylation sites is 2. The van der Waals surface area contributed by atoms with Gasteiger partial charge in [-0.3, -0.25) is 9.78 Å². The third-order valence-corrected chi connectivity index (χ3v) is 4.42. The van der Waals surface area contributed by atoms with E-state index in [0.29, 0.717) is 22.0 Å². The molecule has 0 unspecified atom stereocenters. The summed E-state index contributed by atoms with van der Waals surface area (Å²) < 4.78 is 1.63. The van der Waals surface area contributed by atoms with Crippen LogP contribution >= 0.6 is 11.6 Å². The van der Waals surface area contributed by atoms with Crippen LogP contribution < -0.4 is 5.32 Å². The molecule has 0 spiro atoms. The molecule has 2 aromatic heterocycles. The number of aromatic nitrogens is 3. The summed E-state index contributed by atoms with van der Waals surface area (Å²) in [6.45, 7) is 1.83. The number of hydrogen-bond donors (Lipinski definition) is 1. The van der Waals surface area contributed by atoms with Crippen LogP contribution in [0.1, 0.15) is 16.1 Å². The minimum Gasteiger partial charge on any atom is -0.319 e. The van der Waals surface area contributed by atoms with Gasteiger partial charge in [-0.25, -0.2) is 4.68 Å². The summed E-state index contributed by atoms with van der Waals surface area (Å²) in [5.74, 6) is -0.223. The Balaban J connectivity index is 1.61. The summed E-state index contributed by atoms with van der Waals surface area (Å²) >= 11 is 6.19. The first kappa shape index (κ1) is 16.3. The molecule has 128 valence electrons. The van der Waals surface area contributed by atoms with Gasteiger partial charge in [-0.2, -0.15) is 5.10 Å². The van der Waals surface area contributed by atoms with Gasteiger partial charge in [-0.15, -0.1) is 0 Å². The van der Waals surface area contributed by atoms with E-state index in [2.05, 4.69) is 15.4 Å². The fraction of sp³-hybridized carbons (Fsp3) is 0.0500. The lowest BCUT2D eigenvalue weighted by atomic mass is 10.1. The van der Waals surface area contributed by atoms with E-state index in [-0.39, 0.29) is 5.91 Å². The first-order valence-corrected chi connectivity index (χ1v) is 8.47. The highest BCUT2D eigenvalue weighted by Crippen LogP contribution is 2.21. The summed E-state index contributed by atoms with van der Waals surface area (Å²) in [4.78, 5) is 17.2. The number of hydrogen-bond acceptors (Lipinski definition) is 3. The van der Waals surface area contributed by atoms with Crippen LogP contribution in [0.3, 0.4) is 0 Å². The van der Waals surface area contributed by atoms with Crippen LogP contribution in [0.15, 0.2) is 67.0 Å². The molecule has 2 heterocycles. The molecule has 0 saturated heterocycles. The van der Waals surface area contributed by atoms with Gasteiger partial charge in [0.15, 0.2) is 0 Å². The molecule has 0 aliphatic heterocycles. The van der Waals surface area contributed by atoms with E-state index in [9.17, 15) is 4.79 Å². The molecule has 4 rings (SSSR count). The van der Waals surface area contributed by atoms with Crippen molar-refractivity contribution in [2.75, 3.05) is 5.32 Å². The molecular formula is C20H15ClN4O. The Labute approximate surface area is 155 Å². The third kappa shape index (κ3) is 3.05. The number of halogens is 1. The fourth-order valence-electron chi connectivity index (χ4n) is 2.80. The topological polar surface area (TPSA) is 59.8 Å². The van der Waals surface area contributed by atoms with Crippen molar-refractivity contribution in [2.24, 2.45) is 0 Å². The number of nitrogens with one attached hydrogen (secondary N) is 1. The quantitative estimate of drug-likeness (QED) is 0.577. The lowest BCUT2D eigenvalue weighted by Gasteiger charge is -2.07. The van der Waals surface area contributed by atoms with Crippen LogP contribution in [0.2, 0.25) is 5.02 Å².